The highest BCUT2D eigenvalue weighted by atomic mass is 16.4. The summed E-state index contributed by atoms with van der Waals surface area (Å²) in [6.45, 7) is 0. The van der Waals surface area contributed by atoms with Gasteiger partial charge in [0, 0.05) is 10.9 Å². The minimum Gasteiger partial charge on any atom is -0.464 e. The molecule has 24 heavy (non-hydrogen) atoms. The zero-order chi connectivity index (χ0) is 16.5. The molecule has 0 aliphatic heterocycles. The van der Waals surface area contributed by atoms with Gasteiger partial charge in [-0.15, -0.1) is 0 Å². The van der Waals surface area contributed by atoms with E-state index in [0.717, 1.165) is 27.6 Å². The average Bonchev–Trinajstić information content (AvgIpc) is 3.03. The van der Waals surface area contributed by atoms with Crippen molar-refractivity contribution in [3.8, 4) is 22.3 Å². The van der Waals surface area contributed by atoms with Crippen LogP contribution in [0.15, 0.2) is 83.3 Å². The highest BCUT2D eigenvalue weighted by Gasteiger charge is 2.26. The van der Waals surface area contributed by atoms with E-state index in [0.29, 0.717) is 5.58 Å². The average molecular weight is 314 g/mol. The highest BCUT2D eigenvalue weighted by Crippen LogP contribution is 2.36. The van der Waals surface area contributed by atoms with Crippen molar-refractivity contribution in [3.05, 3.63) is 78.9 Å². The van der Waals surface area contributed by atoms with Crippen molar-refractivity contribution in [2.24, 2.45) is 0 Å². The summed E-state index contributed by atoms with van der Waals surface area (Å²) >= 11 is 0. The molecule has 0 aliphatic carbocycles. The summed E-state index contributed by atoms with van der Waals surface area (Å²) in [6.07, 6.45) is 0. The van der Waals surface area contributed by atoms with Crippen LogP contribution in [-0.4, -0.2) is 17.2 Å². The summed E-state index contributed by atoms with van der Waals surface area (Å²) in [5, 5.41) is 20.5. The highest BCUT2D eigenvalue weighted by molar-refractivity contribution is 6.60. The molecule has 0 amide bonds. The van der Waals surface area contributed by atoms with Crippen molar-refractivity contribution in [1.29, 1.82) is 0 Å². The second-order valence-electron chi connectivity index (χ2n) is 5.63. The van der Waals surface area contributed by atoms with Gasteiger partial charge in [-0.2, -0.15) is 0 Å². The second kappa shape index (κ2) is 6.00. The van der Waals surface area contributed by atoms with E-state index in [1.807, 2.05) is 78.9 Å². The van der Waals surface area contributed by atoms with Crippen molar-refractivity contribution in [3.63, 3.8) is 0 Å². The van der Waals surface area contributed by atoms with Crippen LogP contribution < -0.4 is 5.66 Å². The first-order valence-electron chi connectivity index (χ1n) is 7.78. The first-order valence-corrected chi connectivity index (χ1v) is 7.78. The Labute approximate surface area is 140 Å². The molecule has 0 aliphatic rings. The van der Waals surface area contributed by atoms with Gasteiger partial charge in [0.1, 0.15) is 11.2 Å². The van der Waals surface area contributed by atoms with E-state index in [-0.39, 0.29) is 5.66 Å². The number of benzene rings is 3. The molecule has 2 N–H and O–H groups in total. The Morgan fingerprint density at radius 1 is 0.667 bits per heavy atom. The molecule has 4 rings (SSSR count). The van der Waals surface area contributed by atoms with Gasteiger partial charge in [0.05, 0.1) is 0 Å². The van der Waals surface area contributed by atoms with E-state index in [2.05, 4.69) is 0 Å². The van der Waals surface area contributed by atoms with Crippen molar-refractivity contribution in [2.75, 3.05) is 0 Å². The van der Waals surface area contributed by atoms with Gasteiger partial charge >= 0.3 is 7.12 Å². The molecule has 116 valence electrons. The molecule has 0 fully saturated rings. The lowest BCUT2D eigenvalue weighted by molar-refractivity contribution is 0.413. The summed E-state index contributed by atoms with van der Waals surface area (Å²) in [7, 11) is -1.67. The molecule has 0 radical (unpaired) electrons. The fourth-order valence-corrected chi connectivity index (χ4v) is 3.10. The summed E-state index contributed by atoms with van der Waals surface area (Å²) in [4.78, 5) is 0. The molecule has 1 aromatic heterocycles. The standard InChI is InChI=1S/C20H15BO3/c22-21(23)20-18(15-10-5-2-6-11-15)19-16(12-7-13-17(19)24-20)14-8-3-1-4-9-14/h1-13,22-23H. The number of hydrogen-bond acceptors (Lipinski definition) is 3. The Balaban J connectivity index is 2.10. The second-order valence-corrected chi connectivity index (χ2v) is 5.63. The Kier molecular flexibility index (Phi) is 3.69. The van der Waals surface area contributed by atoms with Gasteiger partial charge in [-0.3, -0.25) is 0 Å². The van der Waals surface area contributed by atoms with Crippen molar-refractivity contribution in [2.45, 2.75) is 0 Å². The Hall–Kier alpha value is -2.82. The number of fused-ring (bicyclic) bond motifs is 1. The van der Waals surface area contributed by atoms with Crippen LogP contribution in [-0.2, 0) is 0 Å². The summed E-state index contributed by atoms with van der Waals surface area (Å²) < 4.78 is 5.78. The van der Waals surface area contributed by atoms with E-state index in [4.69, 9.17) is 4.42 Å². The maximum Gasteiger partial charge on any atom is 0.527 e. The predicted octanol–water partition coefficient (Wildman–Crippen LogP) is 3.45. The summed E-state index contributed by atoms with van der Waals surface area (Å²) in [5.41, 5.74) is 4.48. The number of hydrogen-bond donors (Lipinski definition) is 2. The first-order chi connectivity index (χ1) is 11.8. The SMILES string of the molecule is OB(O)c1oc2cccc(-c3ccccc3)c2c1-c1ccccc1. The fraction of sp³-hybridized carbons (Fsp3) is 0. The van der Waals surface area contributed by atoms with E-state index < -0.39 is 7.12 Å². The minimum atomic E-state index is -1.67. The van der Waals surface area contributed by atoms with Crippen molar-refractivity contribution in [1.82, 2.24) is 0 Å². The Bertz CT molecular complexity index is 976. The molecule has 0 atom stereocenters. The maximum atomic E-state index is 9.79. The topological polar surface area (TPSA) is 53.6 Å². The minimum absolute atomic E-state index is 0.166. The third-order valence-electron chi connectivity index (χ3n) is 4.12. The van der Waals surface area contributed by atoms with Crippen LogP contribution in [0.4, 0.5) is 0 Å². The van der Waals surface area contributed by atoms with Gasteiger partial charge in [0.2, 0.25) is 0 Å². The molecule has 0 saturated carbocycles. The Morgan fingerprint density at radius 2 is 1.29 bits per heavy atom. The summed E-state index contributed by atoms with van der Waals surface area (Å²) in [5.74, 6) is 0. The monoisotopic (exact) mass is 314 g/mol. The van der Waals surface area contributed by atoms with E-state index in [1.54, 1.807) is 0 Å². The van der Waals surface area contributed by atoms with Crippen LogP contribution in [0.1, 0.15) is 0 Å². The molecule has 0 bridgehead atoms. The molecule has 4 heteroatoms. The van der Waals surface area contributed by atoms with Crippen molar-refractivity contribution >= 4 is 23.7 Å². The molecular formula is C20H15BO3. The Morgan fingerprint density at radius 3 is 1.92 bits per heavy atom. The van der Waals surface area contributed by atoms with E-state index >= 15 is 0 Å². The lowest BCUT2D eigenvalue weighted by Crippen LogP contribution is -2.29. The van der Waals surface area contributed by atoms with E-state index in [9.17, 15) is 10.0 Å². The third-order valence-corrected chi connectivity index (χ3v) is 4.12. The first kappa shape index (κ1) is 14.8. The molecule has 0 spiro atoms. The lowest BCUT2D eigenvalue weighted by Gasteiger charge is -2.07. The van der Waals surface area contributed by atoms with Crippen LogP contribution in [0.2, 0.25) is 0 Å². The third kappa shape index (κ3) is 2.42. The zero-order valence-corrected chi connectivity index (χ0v) is 12.9. The molecule has 0 saturated heterocycles. The largest absolute Gasteiger partial charge is 0.527 e. The smallest absolute Gasteiger partial charge is 0.464 e. The lowest BCUT2D eigenvalue weighted by atomic mass is 9.81. The fourth-order valence-electron chi connectivity index (χ4n) is 3.10. The van der Waals surface area contributed by atoms with Crippen molar-refractivity contribution < 1.29 is 14.5 Å². The molecular weight excluding hydrogens is 299 g/mol. The molecule has 1 heterocycles. The van der Waals surface area contributed by atoms with E-state index in [1.165, 1.54) is 0 Å². The van der Waals surface area contributed by atoms with Gasteiger partial charge in [-0.05, 0) is 22.8 Å². The van der Waals surface area contributed by atoms with Crippen LogP contribution in [0, 0.1) is 0 Å². The van der Waals surface area contributed by atoms with Crippen LogP contribution in [0.3, 0.4) is 0 Å². The van der Waals surface area contributed by atoms with Crippen LogP contribution in [0.25, 0.3) is 33.2 Å². The normalized spacial score (nSPS) is 10.9. The van der Waals surface area contributed by atoms with Gasteiger partial charge < -0.3 is 14.5 Å². The quantitative estimate of drug-likeness (QED) is 0.570. The maximum absolute atomic E-state index is 9.79. The van der Waals surface area contributed by atoms with Gasteiger partial charge in [0.25, 0.3) is 0 Å². The number of furan rings is 1. The molecule has 4 aromatic rings. The summed E-state index contributed by atoms with van der Waals surface area (Å²) in [6, 6.07) is 25.5. The van der Waals surface area contributed by atoms with Gasteiger partial charge in [-0.25, -0.2) is 0 Å². The molecule has 0 unspecified atom stereocenters. The van der Waals surface area contributed by atoms with Gasteiger partial charge in [0.15, 0.2) is 0 Å². The predicted molar refractivity (Wildman–Crippen MR) is 96.9 cm³/mol. The molecule has 3 nitrogen and oxygen atoms in total. The van der Waals surface area contributed by atoms with Crippen LogP contribution >= 0.6 is 0 Å². The number of rotatable bonds is 3. The van der Waals surface area contributed by atoms with Crippen LogP contribution in [0.5, 0.6) is 0 Å². The molecule has 3 aromatic carbocycles. The zero-order valence-electron chi connectivity index (χ0n) is 12.9. The van der Waals surface area contributed by atoms with Gasteiger partial charge in [-0.1, -0.05) is 72.8 Å².